The zero-order chi connectivity index (χ0) is 12.4. The number of hydrogen-bond acceptors (Lipinski definition) is 6. The summed E-state index contributed by atoms with van der Waals surface area (Å²) >= 11 is 1.17. The third kappa shape index (κ3) is 2.34. The van der Waals surface area contributed by atoms with E-state index in [1.54, 1.807) is 19.1 Å². The molecular weight excluding hydrogens is 240 g/mol. The second-order valence-electron chi connectivity index (χ2n) is 3.31. The largest absolute Gasteiger partial charge is 0.410 e. The molecular formula is C10H10N4O2S. The van der Waals surface area contributed by atoms with Gasteiger partial charge in [0.15, 0.2) is 5.75 Å². The smallest absolute Gasteiger partial charge is 0.407 e. The van der Waals surface area contributed by atoms with Crippen molar-refractivity contribution in [1.82, 2.24) is 9.36 Å². The molecule has 4 N–H and O–H groups in total. The Hall–Kier alpha value is -2.15. The van der Waals surface area contributed by atoms with Gasteiger partial charge in [0.1, 0.15) is 4.88 Å². The molecule has 2 aromatic rings. The summed E-state index contributed by atoms with van der Waals surface area (Å²) < 4.78 is 8.77. The van der Waals surface area contributed by atoms with E-state index >= 15 is 0 Å². The van der Waals surface area contributed by atoms with Gasteiger partial charge in [0.2, 0.25) is 0 Å². The molecule has 0 bridgehead atoms. The number of rotatable bonds is 2. The molecule has 1 amide bonds. The molecule has 88 valence electrons. The van der Waals surface area contributed by atoms with Crippen LogP contribution in [0.15, 0.2) is 18.3 Å². The predicted molar refractivity (Wildman–Crippen MR) is 64.7 cm³/mol. The fourth-order valence-electron chi connectivity index (χ4n) is 1.28. The minimum Gasteiger partial charge on any atom is -0.407 e. The van der Waals surface area contributed by atoms with Crippen LogP contribution in [0.25, 0.3) is 10.6 Å². The number of pyridine rings is 1. The molecule has 0 aliphatic rings. The van der Waals surface area contributed by atoms with Crippen molar-refractivity contribution in [2.24, 2.45) is 5.73 Å². The molecule has 0 spiro atoms. The summed E-state index contributed by atoms with van der Waals surface area (Å²) in [7, 11) is 0. The molecule has 0 aromatic carbocycles. The number of aromatic nitrogens is 2. The van der Waals surface area contributed by atoms with Crippen LogP contribution >= 0.6 is 11.5 Å². The first-order chi connectivity index (χ1) is 8.08. The number of nitrogens with zero attached hydrogens (tertiary/aromatic N) is 2. The molecule has 0 atom stereocenters. The topological polar surface area (TPSA) is 104 Å². The summed E-state index contributed by atoms with van der Waals surface area (Å²) in [5.41, 5.74) is 12.6. The van der Waals surface area contributed by atoms with E-state index in [-0.39, 0.29) is 0 Å². The Morgan fingerprint density at radius 1 is 1.47 bits per heavy atom. The van der Waals surface area contributed by atoms with Crippen LogP contribution in [0.3, 0.4) is 0 Å². The zero-order valence-electron chi connectivity index (χ0n) is 9.01. The fourth-order valence-corrected chi connectivity index (χ4v) is 1.93. The van der Waals surface area contributed by atoms with E-state index in [9.17, 15) is 4.79 Å². The van der Waals surface area contributed by atoms with Gasteiger partial charge in [0, 0.05) is 0 Å². The summed E-state index contributed by atoms with van der Waals surface area (Å²) in [6.45, 7) is 1.80. The number of anilines is 1. The van der Waals surface area contributed by atoms with Crippen molar-refractivity contribution in [3.8, 4) is 16.3 Å². The van der Waals surface area contributed by atoms with Crippen molar-refractivity contribution >= 4 is 23.3 Å². The average Bonchev–Trinajstić information content (AvgIpc) is 2.69. The highest BCUT2D eigenvalue weighted by atomic mass is 32.1. The standard InChI is InChI=1S/C10H10N4O2S/c1-5-6(11)2-3-7(14-5)9-8(4-13-17-9)16-10(12)15/h2-4H,11H2,1H3,(H2,12,15). The van der Waals surface area contributed by atoms with Crippen LogP contribution in [0, 0.1) is 6.92 Å². The maximum absolute atomic E-state index is 10.7. The number of amides is 1. The van der Waals surface area contributed by atoms with Crippen molar-refractivity contribution in [2.75, 3.05) is 5.73 Å². The lowest BCUT2D eigenvalue weighted by atomic mass is 10.2. The van der Waals surface area contributed by atoms with Gasteiger partial charge < -0.3 is 16.2 Å². The predicted octanol–water partition coefficient (Wildman–Crippen LogP) is 1.55. The Morgan fingerprint density at radius 3 is 2.88 bits per heavy atom. The lowest BCUT2D eigenvalue weighted by molar-refractivity contribution is 0.211. The number of hydrogen-bond donors (Lipinski definition) is 2. The van der Waals surface area contributed by atoms with Gasteiger partial charge >= 0.3 is 6.09 Å². The normalized spacial score (nSPS) is 10.2. The quantitative estimate of drug-likeness (QED) is 0.841. The van der Waals surface area contributed by atoms with E-state index in [1.165, 1.54) is 17.7 Å². The number of aryl methyl sites for hydroxylation is 1. The van der Waals surface area contributed by atoms with Crippen LogP contribution in [0.5, 0.6) is 5.75 Å². The summed E-state index contributed by atoms with van der Waals surface area (Å²) in [6.07, 6.45) is 0.552. The molecule has 6 nitrogen and oxygen atoms in total. The molecule has 2 aromatic heterocycles. The summed E-state index contributed by atoms with van der Waals surface area (Å²) in [4.78, 5) is 15.6. The molecule has 0 aliphatic heterocycles. The third-order valence-corrected chi connectivity index (χ3v) is 2.91. The second-order valence-corrected chi connectivity index (χ2v) is 4.11. The molecule has 0 aliphatic carbocycles. The molecule has 0 unspecified atom stereocenters. The van der Waals surface area contributed by atoms with E-state index in [2.05, 4.69) is 9.36 Å². The number of nitrogens with two attached hydrogens (primary N) is 2. The number of carbonyl (C=O) groups excluding carboxylic acids is 1. The van der Waals surface area contributed by atoms with Crippen LogP contribution in [0.4, 0.5) is 10.5 Å². The van der Waals surface area contributed by atoms with E-state index < -0.39 is 6.09 Å². The van der Waals surface area contributed by atoms with Crippen LogP contribution < -0.4 is 16.2 Å². The number of nitrogen functional groups attached to an aromatic ring is 1. The molecule has 2 rings (SSSR count). The van der Waals surface area contributed by atoms with Gasteiger partial charge in [-0.15, -0.1) is 0 Å². The SMILES string of the molecule is Cc1nc(-c2sncc2OC(N)=O)ccc1N. The number of ether oxygens (including phenoxy) is 1. The fraction of sp³-hybridized carbons (Fsp3) is 0.100. The summed E-state index contributed by atoms with van der Waals surface area (Å²) in [5, 5.41) is 0. The van der Waals surface area contributed by atoms with Gasteiger partial charge in [0.25, 0.3) is 0 Å². The zero-order valence-corrected chi connectivity index (χ0v) is 9.82. The maximum Gasteiger partial charge on any atom is 0.410 e. The van der Waals surface area contributed by atoms with Gasteiger partial charge in [0.05, 0.1) is 23.3 Å². The van der Waals surface area contributed by atoms with Gasteiger partial charge in [-0.25, -0.2) is 9.78 Å². The van der Waals surface area contributed by atoms with Gasteiger partial charge in [-0.2, -0.15) is 4.37 Å². The van der Waals surface area contributed by atoms with Crippen molar-refractivity contribution in [2.45, 2.75) is 6.92 Å². The average molecular weight is 250 g/mol. The Balaban J connectivity index is 2.42. The van der Waals surface area contributed by atoms with E-state index in [0.717, 1.165) is 0 Å². The summed E-state index contributed by atoms with van der Waals surface area (Å²) in [5.74, 6) is 0.305. The lowest BCUT2D eigenvalue weighted by Gasteiger charge is -2.04. The van der Waals surface area contributed by atoms with Crippen LogP contribution in [0.2, 0.25) is 0 Å². The first-order valence-corrected chi connectivity index (χ1v) is 5.50. The number of carbonyl (C=O) groups is 1. The van der Waals surface area contributed by atoms with Gasteiger partial charge in [-0.1, -0.05) is 0 Å². The molecule has 0 fully saturated rings. The van der Waals surface area contributed by atoms with Crippen LogP contribution in [-0.4, -0.2) is 15.5 Å². The monoisotopic (exact) mass is 250 g/mol. The van der Waals surface area contributed by atoms with Crippen LogP contribution in [0.1, 0.15) is 5.69 Å². The minimum absolute atomic E-state index is 0.305. The third-order valence-electron chi connectivity index (χ3n) is 2.11. The Labute approximate surface area is 101 Å². The first-order valence-electron chi connectivity index (χ1n) is 4.73. The molecule has 0 saturated carbocycles. The van der Waals surface area contributed by atoms with Crippen LogP contribution in [-0.2, 0) is 0 Å². The van der Waals surface area contributed by atoms with Gasteiger partial charge in [-0.05, 0) is 30.6 Å². The molecule has 0 saturated heterocycles. The molecule has 0 radical (unpaired) electrons. The summed E-state index contributed by atoms with van der Waals surface area (Å²) in [6, 6.07) is 3.48. The Bertz CT molecular complexity index is 567. The second kappa shape index (κ2) is 4.38. The highest BCUT2D eigenvalue weighted by Crippen LogP contribution is 2.33. The molecule has 2 heterocycles. The Morgan fingerprint density at radius 2 is 2.24 bits per heavy atom. The van der Waals surface area contributed by atoms with Gasteiger partial charge in [-0.3, -0.25) is 0 Å². The van der Waals surface area contributed by atoms with Crippen molar-refractivity contribution in [3.63, 3.8) is 0 Å². The molecule has 17 heavy (non-hydrogen) atoms. The first kappa shape index (κ1) is 11.3. The van der Waals surface area contributed by atoms with E-state index in [0.29, 0.717) is 27.7 Å². The Kier molecular flexibility index (Phi) is 2.92. The van der Waals surface area contributed by atoms with E-state index in [4.69, 9.17) is 16.2 Å². The minimum atomic E-state index is -0.876. The highest BCUT2D eigenvalue weighted by Gasteiger charge is 2.13. The van der Waals surface area contributed by atoms with Crippen molar-refractivity contribution in [3.05, 3.63) is 24.0 Å². The van der Waals surface area contributed by atoms with Crippen molar-refractivity contribution in [1.29, 1.82) is 0 Å². The molecule has 7 heteroatoms. The van der Waals surface area contributed by atoms with Crippen molar-refractivity contribution < 1.29 is 9.53 Å². The maximum atomic E-state index is 10.7. The highest BCUT2D eigenvalue weighted by molar-refractivity contribution is 7.09. The number of primary amides is 1. The van der Waals surface area contributed by atoms with E-state index in [1.807, 2.05) is 0 Å². The lowest BCUT2D eigenvalue weighted by Crippen LogP contribution is -2.16.